The van der Waals surface area contributed by atoms with Crippen molar-refractivity contribution in [2.45, 2.75) is 38.0 Å². The smallest absolute Gasteiger partial charge is 0.414 e. The third-order valence-corrected chi connectivity index (χ3v) is 6.70. The third kappa shape index (κ3) is 7.62. The second-order valence-corrected chi connectivity index (χ2v) is 9.73. The van der Waals surface area contributed by atoms with Crippen molar-refractivity contribution < 1.29 is 37.8 Å². The Morgan fingerprint density at radius 2 is 2.12 bits per heavy atom. The maximum Gasteiger partial charge on any atom is 0.414 e. The Labute approximate surface area is 245 Å². The molecule has 43 heavy (non-hydrogen) atoms. The Morgan fingerprint density at radius 1 is 1.23 bits per heavy atom. The molecule has 2 aromatic heterocycles. The number of hydrogen-bond donors (Lipinski definition) is 2. The van der Waals surface area contributed by atoms with Crippen molar-refractivity contribution in [2.24, 2.45) is 0 Å². The molecule has 0 saturated carbocycles. The molecule has 0 bridgehead atoms. The van der Waals surface area contributed by atoms with E-state index < -0.39 is 30.2 Å². The molecule has 14 nitrogen and oxygen atoms in total. The van der Waals surface area contributed by atoms with Gasteiger partial charge in [0.2, 0.25) is 0 Å². The number of anilines is 1. The first-order valence-corrected chi connectivity index (χ1v) is 13.6. The van der Waals surface area contributed by atoms with E-state index in [-0.39, 0.29) is 25.5 Å². The molecule has 5 rings (SSSR count). The first-order chi connectivity index (χ1) is 20.9. The molecule has 4 heterocycles. The van der Waals surface area contributed by atoms with E-state index in [2.05, 4.69) is 30.8 Å². The largest absolute Gasteiger partial charge is 0.462 e. The summed E-state index contributed by atoms with van der Waals surface area (Å²) >= 11 is 0. The van der Waals surface area contributed by atoms with Gasteiger partial charge in [-0.2, -0.15) is 0 Å². The van der Waals surface area contributed by atoms with Crippen LogP contribution in [0.5, 0.6) is 0 Å². The number of nitrogens with zero attached hydrogens (tertiary/aromatic N) is 5. The number of aromatic nitrogens is 4. The number of hydroxylamine groups is 1. The van der Waals surface area contributed by atoms with Crippen LogP contribution in [0.1, 0.15) is 25.0 Å². The third-order valence-electron chi connectivity index (χ3n) is 6.70. The fraction of sp³-hybridized carbons (Fsp3) is 0.357. The second-order valence-electron chi connectivity index (χ2n) is 9.73. The van der Waals surface area contributed by atoms with Crippen LogP contribution in [0.3, 0.4) is 0 Å². The van der Waals surface area contributed by atoms with Gasteiger partial charge < -0.3 is 19.5 Å². The van der Waals surface area contributed by atoms with E-state index in [0.29, 0.717) is 54.1 Å². The van der Waals surface area contributed by atoms with Gasteiger partial charge >= 0.3 is 18.2 Å². The van der Waals surface area contributed by atoms with Crippen LogP contribution < -0.4 is 15.7 Å². The highest BCUT2D eigenvalue weighted by atomic mass is 19.1. The van der Waals surface area contributed by atoms with E-state index in [0.717, 1.165) is 0 Å². The summed E-state index contributed by atoms with van der Waals surface area (Å²) in [5.41, 5.74) is 5.18. The number of hydrogen-bond acceptors (Lipinski definition) is 11. The van der Waals surface area contributed by atoms with E-state index in [1.165, 1.54) is 30.5 Å². The maximum absolute atomic E-state index is 15.1. The number of esters is 1. The van der Waals surface area contributed by atoms with Crippen molar-refractivity contribution in [2.75, 3.05) is 31.7 Å². The standard InChI is InChI=1S/C28H30FN7O7/c1-40-27(38)30-9-3-2-4-26(37)41-17-20-13-25(33-43-20)24-8-5-18(14-31-24)22-7-6-19(12-23(22)29)36-16-21(42-28(36)39)15-35-11-10-32-34-35/h5-8,10-14,20-21,33H,2-4,9,15-17H2,1H3,(H,30,38)/t20-,21-/m0/s1. The van der Waals surface area contributed by atoms with Gasteiger partial charge in [-0.15, -0.1) is 5.10 Å². The van der Waals surface area contributed by atoms with Crippen molar-refractivity contribution in [3.8, 4) is 11.1 Å². The van der Waals surface area contributed by atoms with Crippen LogP contribution in [0.2, 0.25) is 0 Å². The number of ether oxygens (including phenoxy) is 3. The molecule has 1 saturated heterocycles. The minimum absolute atomic E-state index is 0.0249. The van der Waals surface area contributed by atoms with Crippen LogP contribution in [0.25, 0.3) is 16.8 Å². The Kier molecular flexibility index (Phi) is 9.41. The minimum Gasteiger partial charge on any atom is -0.462 e. The quantitative estimate of drug-likeness (QED) is 0.180. The van der Waals surface area contributed by atoms with Crippen LogP contribution >= 0.6 is 0 Å². The van der Waals surface area contributed by atoms with Crippen molar-refractivity contribution >= 4 is 29.5 Å². The molecule has 226 valence electrons. The van der Waals surface area contributed by atoms with Gasteiger partial charge in [-0.3, -0.25) is 25.0 Å². The Hall–Kier alpha value is -5.05. The number of methoxy groups -OCH3 is 1. The molecule has 1 fully saturated rings. The average molecular weight is 596 g/mol. The first kappa shape index (κ1) is 29.4. The second kappa shape index (κ2) is 13.7. The molecule has 2 amide bonds. The van der Waals surface area contributed by atoms with E-state index >= 15 is 4.39 Å². The highest BCUT2D eigenvalue weighted by molar-refractivity contribution is 5.90. The van der Waals surface area contributed by atoms with Gasteiger partial charge in [0.1, 0.15) is 24.6 Å². The lowest BCUT2D eigenvalue weighted by molar-refractivity contribution is -0.147. The zero-order chi connectivity index (χ0) is 30.2. The molecule has 15 heteroatoms. The summed E-state index contributed by atoms with van der Waals surface area (Å²) in [5.74, 6) is -0.880. The van der Waals surface area contributed by atoms with Crippen LogP contribution in [-0.2, 0) is 30.4 Å². The highest BCUT2D eigenvalue weighted by Gasteiger charge is 2.33. The van der Waals surface area contributed by atoms with Crippen LogP contribution in [0.15, 0.2) is 55.0 Å². The number of benzene rings is 1. The topological polar surface area (TPSA) is 159 Å². The number of rotatable bonds is 12. The van der Waals surface area contributed by atoms with Crippen molar-refractivity contribution in [1.29, 1.82) is 0 Å². The lowest BCUT2D eigenvalue weighted by Crippen LogP contribution is -2.26. The molecule has 3 aromatic rings. The number of pyridine rings is 1. The fourth-order valence-electron chi connectivity index (χ4n) is 4.50. The van der Waals surface area contributed by atoms with E-state index in [1.807, 2.05) is 0 Å². The Bertz CT molecular complexity index is 1470. The summed E-state index contributed by atoms with van der Waals surface area (Å²) in [6, 6.07) is 7.99. The summed E-state index contributed by atoms with van der Waals surface area (Å²) in [4.78, 5) is 46.6. The molecule has 0 radical (unpaired) electrons. The molecule has 0 spiro atoms. The number of alkyl carbamates (subject to hydrolysis) is 1. The van der Waals surface area contributed by atoms with E-state index in [4.69, 9.17) is 14.3 Å². The Morgan fingerprint density at radius 3 is 2.86 bits per heavy atom. The maximum atomic E-state index is 15.1. The van der Waals surface area contributed by atoms with E-state index in [9.17, 15) is 14.4 Å². The zero-order valence-corrected chi connectivity index (χ0v) is 23.3. The lowest BCUT2D eigenvalue weighted by atomic mass is 10.1. The summed E-state index contributed by atoms with van der Waals surface area (Å²) < 4.78 is 31.9. The van der Waals surface area contributed by atoms with Crippen LogP contribution in [-0.4, -0.2) is 77.1 Å². The molecule has 0 unspecified atom stereocenters. The molecule has 2 aliphatic rings. The predicted octanol–water partition coefficient (Wildman–Crippen LogP) is 2.82. The number of carbonyl (C=O) groups is 3. The summed E-state index contributed by atoms with van der Waals surface area (Å²) in [5, 5.41) is 10.2. The number of nitrogens with one attached hydrogen (secondary N) is 2. The molecule has 2 N–H and O–H groups in total. The van der Waals surface area contributed by atoms with Crippen molar-refractivity contribution in [1.82, 2.24) is 30.8 Å². The van der Waals surface area contributed by atoms with E-state index in [1.54, 1.807) is 41.2 Å². The molecular weight excluding hydrogens is 565 g/mol. The lowest BCUT2D eigenvalue weighted by Gasteiger charge is -2.14. The summed E-state index contributed by atoms with van der Waals surface area (Å²) in [7, 11) is 1.29. The number of cyclic esters (lactones) is 1. The Balaban J connectivity index is 1.11. The number of halogens is 1. The monoisotopic (exact) mass is 595 g/mol. The van der Waals surface area contributed by atoms with Crippen molar-refractivity contribution in [3.05, 3.63) is 66.5 Å². The molecule has 2 aliphatic heterocycles. The number of carbonyl (C=O) groups excluding carboxylic acids is 3. The molecule has 0 aliphatic carbocycles. The van der Waals surface area contributed by atoms with Gasteiger partial charge in [0, 0.05) is 36.5 Å². The van der Waals surface area contributed by atoms with Gasteiger partial charge in [-0.05, 0) is 43.2 Å². The van der Waals surface area contributed by atoms with Crippen LogP contribution in [0, 0.1) is 5.82 Å². The zero-order valence-electron chi connectivity index (χ0n) is 23.3. The van der Waals surface area contributed by atoms with Gasteiger partial charge in [0.15, 0.2) is 0 Å². The SMILES string of the molecule is COC(=O)NCCCCC(=O)OC[C@@H]1C=C(c2ccc(-c3ccc(N4C[C@H](Cn5ccnn5)OC4=O)cc3F)cn2)NO1. The molecular formula is C28H30FN7O7. The number of amides is 2. The molecule has 1 aromatic carbocycles. The van der Waals surface area contributed by atoms with Gasteiger partial charge in [0.05, 0.1) is 43.5 Å². The average Bonchev–Trinajstić information content (AvgIpc) is 3.78. The molecule has 2 atom stereocenters. The van der Waals surface area contributed by atoms with Gasteiger partial charge in [-0.1, -0.05) is 11.3 Å². The normalized spacial score (nSPS) is 17.7. The number of unbranched alkanes of at least 4 members (excludes halogenated alkanes) is 1. The summed E-state index contributed by atoms with van der Waals surface area (Å²) in [6.07, 6.45) is 5.89. The highest BCUT2D eigenvalue weighted by Crippen LogP contribution is 2.30. The summed E-state index contributed by atoms with van der Waals surface area (Å²) in [6.45, 7) is 1.04. The van der Waals surface area contributed by atoms with Crippen molar-refractivity contribution in [3.63, 3.8) is 0 Å². The van der Waals surface area contributed by atoms with Gasteiger partial charge in [0.25, 0.3) is 0 Å². The van der Waals surface area contributed by atoms with Gasteiger partial charge in [-0.25, -0.2) is 18.7 Å². The fourth-order valence-corrected chi connectivity index (χ4v) is 4.50. The first-order valence-electron chi connectivity index (χ1n) is 13.6. The predicted molar refractivity (Wildman–Crippen MR) is 148 cm³/mol. The van der Waals surface area contributed by atoms with Crippen LogP contribution in [0.4, 0.5) is 19.7 Å². The minimum atomic E-state index is -0.555.